The first-order chi connectivity index (χ1) is 14.7. The molecule has 1 aromatic rings. The van der Waals surface area contributed by atoms with Crippen LogP contribution < -0.4 is 0 Å². The third-order valence-electron chi connectivity index (χ3n) is 6.96. The molecule has 7 unspecified atom stereocenters. The zero-order valence-corrected chi connectivity index (χ0v) is 19.5. The van der Waals surface area contributed by atoms with Gasteiger partial charge in [0.2, 0.25) is 0 Å². The molecule has 2 aliphatic carbocycles. The van der Waals surface area contributed by atoms with Crippen LogP contribution in [-0.4, -0.2) is 13.6 Å². The Kier molecular flexibility index (Phi) is 8.96. The summed E-state index contributed by atoms with van der Waals surface area (Å²) >= 11 is 0.739. The molecule has 0 aromatic heterocycles. The molecule has 7 atom stereocenters. The summed E-state index contributed by atoms with van der Waals surface area (Å²) in [4.78, 5) is 0. The molecule has 0 aliphatic heterocycles. The zero-order valence-electron chi connectivity index (χ0n) is 18.7. The van der Waals surface area contributed by atoms with Crippen molar-refractivity contribution in [2.75, 3.05) is 12.5 Å². The Labute approximate surface area is 186 Å². The van der Waals surface area contributed by atoms with E-state index in [1.54, 1.807) is 0 Å². The molecular weight excluding hydrogens is 391 g/mol. The quantitative estimate of drug-likeness (QED) is 0.125. The fraction of sp³-hybridized carbons (Fsp3) is 0.538. The molecule has 0 amide bonds. The minimum absolute atomic E-state index is 0.642. The topological polar surface area (TPSA) is 9.23 Å². The van der Waals surface area contributed by atoms with Crippen molar-refractivity contribution in [3.05, 3.63) is 66.8 Å². The van der Waals surface area contributed by atoms with Gasteiger partial charge in [0.1, 0.15) is 1.12 Å². The maximum atomic E-state index is 7.02. The Morgan fingerprint density at radius 3 is 2.59 bits per heavy atom. The van der Waals surface area contributed by atoms with Gasteiger partial charge in [0.25, 0.3) is 0 Å². The van der Waals surface area contributed by atoms with Gasteiger partial charge in [-0.25, -0.2) is 0 Å². The molecular formula is C26H37OPS. The van der Waals surface area contributed by atoms with Gasteiger partial charge in [0.05, 0.1) is 6.35 Å². The van der Waals surface area contributed by atoms with E-state index in [1.807, 2.05) is 0 Å². The van der Waals surface area contributed by atoms with E-state index in [2.05, 4.69) is 74.2 Å². The normalized spacial score (nSPS) is 33.3. The summed E-state index contributed by atoms with van der Waals surface area (Å²) in [6.07, 6.45) is 20.4. The minimum atomic E-state index is 0.642. The Bertz CT molecular complexity index is 692. The van der Waals surface area contributed by atoms with E-state index in [0.717, 1.165) is 39.1 Å². The molecule has 0 spiro atoms. The van der Waals surface area contributed by atoms with Gasteiger partial charge in [-0.3, -0.25) is 0 Å². The van der Waals surface area contributed by atoms with E-state index in [1.165, 1.54) is 43.8 Å². The third kappa shape index (κ3) is 6.84. The predicted octanol–water partition coefficient (Wildman–Crippen LogP) is 7.63. The lowest BCUT2D eigenvalue weighted by atomic mass is 9.92. The zero-order chi connectivity index (χ0) is 21.2. The monoisotopic (exact) mass is 429 g/mol. The van der Waals surface area contributed by atoms with Crippen LogP contribution in [0.5, 0.6) is 0 Å². The van der Waals surface area contributed by atoms with E-state index in [9.17, 15) is 0 Å². The Hall–Kier alpha value is -0.820. The maximum Gasteiger partial charge on any atom is 0.135 e. The van der Waals surface area contributed by atoms with Gasteiger partial charge >= 0.3 is 0 Å². The maximum absolute atomic E-state index is 7.02. The van der Waals surface area contributed by atoms with Crippen molar-refractivity contribution in [1.82, 2.24) is 0 Å². The van der Waals surface area contributed by atoms with Crippen molar-refractivity contribution in [3.8, 4) is 0 Å². The van der Waals surface area contributed by atoms with E-state index in [-0.39, 0.29) is 0 Å². The predicted molar refractivity (Wildman–Crippen MR) is 133 cm³/mol. The molecule has 158 valence electrons. The second-order valence-corrected chi connectivity index (χ2v) is 10.3. The van der Waals surface area contributed by atoms with Crippen molar-refractivity contribution < 1.29 is 4.18 Å². The van der Waals surface area contributed by atoms with Gasteiger partial charge in [-0.2, -0.15) is 0 Å². The highest BCUT2D eigenvalue weighted by Crippen LogP contribution is 2.43. The molecule has 0 heterocycles. The standard InChI is InChI=1S/C26H37OPS/c1-3-23-14-21(11-10-20-8-6-5-7-9-20)16-25(23)13-12-22-15-24(4-2)26(17-22)18-28-19-27-29/h4-13,21-26,28-29H,2-3,14-19H2,1H3/b11-10+,13-12+/i/hD. The Morgan fingerprint density at radius 1 is 1.07 bits per heavy atom. The second kappa shape index (κ2) is 12.1. The molecule has 29 heavy (non-hydrogen) atoms. The van der Waals surface area contributed by atoms with Crippen molar-refractivity contribution >= 4 is 27.5 Å². The summed E-state index contributed by atoms with van der Waals surface area (Å²) in [6.45, 7) is 6.45. The van der Waals surface area contributed by atoms with Crippen LogP contribution in [0, 0.1) is 35.5 Å². The number of hydrogen-bond donors (Lipinski definition) is 1. The number of benzene rings is 1. The smallest absolute Gasteiger partial charge is 0.135 e. The summed E-state index contributed by atoms with van der Waals surface area (Å²) in [5.41, 5.74) is 1.31. The molecule has 0 N–H and O–H groups in total. The molecule has 2 saturated carbocycles. The highest BCUT2D eigenvalue weighted by molar-refractivity contribution is 7.75. The van der Waals surface area contributed by atoms with Crippen LogP contribution >= 0.6 is 21.4 Å². The summed E-state index contributed by atoms with van der Waals surface area (Å²) in [7, 11) is 0.797. The van der Waals surface area contributed by atoms with Crippen LogP contribution in [0.4, 0.5) is 0 Å². The average Bonchev–Trinajstić information content (AvgIpc) is 3.37. The summed E-state index contributed by atoms with van der Waals surface area (Å²) in [6, 6.07) is 10.7. The highest BCUT2D eigenvalue weighted by Gasteiger charge is 2.33. The molecule has 1 aromatic carbocycles. The van der Waals surface area contributed by atoms with Crippen LogP contribution in [0.15, 0.2) is 61.2 Å². The van der Waals surface area contributed by atoms with E-state index in [4.69, 9.17) is 5.31 Å². The first-order valence-corrected chi connectivity index (χ1v) is 13.0. The van der Waals surface area contributed by atoms with Crippen LogP contribution in [0.3, 0.4) is 0 Å². The lowest BCUT2D eigenvalue weighted by Gasteiger charge is -2.15. The summed E-state index contributed by atoms with van der Waals surface area (Å²) in [5.74, 6) is 4.33. The van der Waals surface area contributed by atoms with Crippen LogP contribution in [-0.2, 0) is 4.18 Å². The van der Waals surface area contributed by atoms with Gasteiger partial charge in [-0.15, -0.1) is 6.58 Å². The summed E-state index contributed by atoms with van der Waals surface area (Å²) in [5, 5.41) is 0. The molecule has 1 nitrogen and oxygen atoms in total. The SMILES string of the molecule is [2H]SOCPCC1CC(/C=C/C2CC(/C=C/c3ccccc3)CC2CC)CC1C=C. The van der Waals surface area contributed by atoms with Gasteiger partial charge < -0.3 is 4.18 Å². The Morgan fingerprint density at radius 2 is 1.83 bits per heavy atom. The third-order valence-corrected chi connectivity index (χ3v) is 8.45. The van der Waals surface area contributed by atoms with Crippen molar-refractivity contribution in [1.29, 1.82) is 1.12 Å². The van der Waals surface area contributed by atoms with Crippen LogP contribution in [0.1, 0.15) is 44.6 Å². The fourth-order valence-electron chi connectivity index (χ4n) is 5.34. The molecule has 0 radical (unpaired) electrons. The number of hydrogen-bond acceptors (Lipinski definition) is 2. The van der Waals surface area contributed by atoms with Crippen molar-refractivity contribution in [2.45, 2.75) is 39.0 Å². The number of allylic oxidation sites excluding steroid dienone is 4. The molecule has 3 rings (SSSR count). The van der Waals surface area contributed by atoms with Gasteiger partial charge in [-0.1, -0.05) is 82.6 Å². The van der Waals surface area contributed by atoms with Gasteiger partial charge in [-0.05, 0) is 85.7 Å². The second-order valence-electron chi connectivity index (χ2n) is 8.83. The van der Waals surface area contributed by atoms with Crippen molar-refractivity contribution in [2.24, 2.45) is 35.5 Å². The van der Waals surface area contributed by atoms with Crippen molar-refractivity contribution in [3.63, 3.8) is 0 Å². The largest absolute Gasteiger partial charge is 0.314 e. The lowest BCUT2D eigenvalue weighted by molar-refractivity contribution is 0.440. The average molecular weight is 430 g/mol. The first kappa shape index (κ1) is 21.4. The van der Waals surface area contributed by atoms with Crippen LogP contribution in [0.25, 0.3) is 6.08 Å². The Balaban J connectivity index is 1.51. The van der Waals surface area contributed by atoms with E-state index in [0.29, 0.717) is 24.1 Å². The number of thiol groups is 1. The molecule has 2 aliphatic rings. The van der Waals surface area contributed by atoms with E-state index >= 15 is 0 Å². The molecule has 0 saturated heterocycles. The lowest BCUT2D eigenvalue weighted by Crippen LogP contribution is -2.07. The first-order valence-electron chi connectivity index (χ1n) is 11.6. The molecule has 3 heteroatoms. The van der Waals surface area contributed by atoms with Gasteiger partial charge in [0, 0.05) is 0 Å². The minimum Gasteiger partial charge on any atom is -0.314 e. The summed E-state index contributed by atoms with van der Waals surface area (Å²) < 4.78 is 12.2. The molecule has 2 fully saturated rings. The molecule has 0 bridgehead atoms. The van der Waals surface area contributed by atoms with Crippen LogP contribution in [0.2, 0.25) is 0 Å². The van der Waals surface area contributed by atoms with E-state index < -0.39 is 0 Å². The van der Waals surface area contributed by atoms with Gasteiger partial charge in [0.15, 0.2) is 0 Å². The fourth-order valence-corrected chi connectivity index (χ4v) is 6.64. The number of rotatable bonds is 11. The highest BCUT2D eigenvalue weighted by atomic mass is 32.1.